The van der Waals surface area contributed by atoms with E-state index in [4.69, 9.17) is 5.11 Å². The quantitative estimate of drug-likeness (QED) is 0.843. The van der Waals surface area contributed by atoms with E-state index in [-0.39, 0.29) is 10.8 Å². The fourth-order valence-corrected chi connectivity index (χ4v) is 4.58. The number of anilines is 1. The van der Waals surface area contributed by atoms with Crippen LogP contribution in [0, 0.1) is 6.92 Å². The molecule has 2 aromatic rings. The summed E-state index contributed by atoms with van der Waals surface area (Å²) in [5.41, 5.74) is 1.47. The predicted octanol–water partition coefficient (Wildman–Crippen LogP) is 3.15. The molecule has 0 aliphatic rings. The first-order valence-corrected chi connectivity index (χ1v) is 9.01. The molecular formula is C13H14BrNO3S2. The van der Waals surface area contributed by atoms with Crippen LogP contribution in [0.3, 0.4) is 0 Å². The van der Waals surface area contributed by atoms with Crippen LogP contribution in [0.4, 0.5) is 5.69 Å². The monoisotopic (exact) mass is 375 g/mol. The van der Waals surface area contributed by atoms with Gasteiger partial charge in [0, 0.05) is 22.4 Å². The van der Waals surface area contributed by atoms with Crippen molar-refractivity contribution < 1.29 is 13.5 Å². The van der Waals surface area contributed by atoms with Crippen LogP contribution in [0.2, 0.25) is 0 Å². The molecule has 0 aliphatic carbocycles. The molecule has 108 valence electrons. The van der Waals surface area contributed by atoms with E-state index in [2.05, 4.69) is 20.7 Å². The SMILES string of the molecule is Cc1cccc(NS(=O)(=O)c2ccc(CCO)s2)c1Br. The van der Waals surface area contributed by atoms with Gasteiger partial charge in [-0.05, 0) is 46.6 Å². The maximum atomic E-state index is 12.3. The number of benzene rings is 1. The Labute approximate surface area is 130 Å². The zero-order valence-corrected chi connectivity index (χ0v) is 14.0. The summed E-state index contributed by atoms with van der Waals surface area (Å²) in [5, 5.41) is 8.87. The first-order valence-electron chi connectivity index (χ1n) is 5.91. The molecule has 0 atom stereocenters. The Morgan fingerprint density at radius 2 is 2.05 bits per heavy atom. The molecule has 1 aromatic heterocycles. The van der Waals surface area contributed by atoms with Crippen molar-refractivity contribution in [2.45, 2.75) is 17.6 Å². The fourth-order valence-electron chi connectivity index (χ4n) is 1.67. The predicted molar refractivity (Wildman–Crippen MR) is 84.8 cm³/mol. The first kappa shape index (κ1) is 15.5. The Morgan fingerprint density at radius 1 is 1.30 bits per heavy atom. The molecule has 2 rings (SSSR count). The van der Waals surface area contributed by atoms with Gasteiger partial charge in [-0.15, -0.1) is 11.3 Å². The van der Waals surface area contributed by atoms with Crippen molar-refractivity contribution in [3.8, 4) is 0 Å². The van der Waals surface area contributed by atoms with Crippen LogP contribution in [0.25, 0.3) is 0 Å². The third kappa shape index (κ3) is 3.41. The second kappa shape index (κ2) is 6.26. The number of thiophene rings is 1. The Balaban J connectivity index is 2.28. The Bertz CT molecular complexity index is 710. The zero-order valence-electron chi connectivity index (χ0n) is 10.8. The van der Waals surface area contributed by atoms with Gasteiger partial charge in [0.05, 0.1) is 5.69 Å². The highest BCUT2D eigenvalue weighted by Gasteiger charge is 2.18. The van der Waals surface area contributed by atoms with Crippen LogP contribution in [-0.2, 0) is 16.4 Å². The molecule has 0 saturated carbocycles. The minimum atomic E-state index is -3.59. The van der Waals surface area contributed by atoms with Crippen LogP contribution in [0.5, 0.6) is 0 Å². The van der Waals surface area contributed by atoms with Crippen molar-refractivity contribution in [2.75, 3.05) is 11.3 Å². The van der Waals surface area contributed by atoms with Crippen molar-refractivity contribution in [2.24, 2.45) is 0 Å². The molecular weight excluding hydrogens is 362 g/mol. The summed E-state index contributed by atoms with van der Waals surface area (Å²) in [6.45, 7) is 1.91. The number of hydrogen-bond acceptors (Lipinski definition) is 4. The standard InChI is InChI=1S/C13H14BrNO3S2/c1-9-3-2-4-11(13(9)14)15-20(17,18)12-6-5-10(19-12)7-8-16/h2-6,15-16H,7-8H2,1H3. The molecule has 0 spiro atoms. The molecule has 0 unspecified atom stereocenters. The second-order valence-corrected chi connectivity index (χ2v) is 8.11. The molecule has 0 fully saturated rings. The van der Waals surface area contributed by atoms with Gasteiger partial charge in [-0.2, -0.15) is 0 Å². The third-order valence-electron chi connectivity index (χ3n) is 2.70. The van der Waals surface area contributed by atoms with Gasteiger partial charge in [-0.25, -0.2) is 8.42 Å². The lowest BCUT2D eigenvalue weighted by Gasteiger charge is -2.09. The molecule has 7 heteroatoms. The molecule has 0 aliphatic heterocycles. The molecule has 1 aromatic carbocycles. The molecule has 4 nitrogen and oxygen atoms in total. The van der Waals surface area contributed by atoms with Gasteiger partial charge in [0.25, 0.3) is 10.0 Å². The first-order chi connectivity index (χ1) is 9.44. The largest absolute Gasteiger partial charge is 0.396 e. The molecule has 0 radical (unpaired) electrons. The van der Waals surface area contributed by atoms with E-state index in [1.165, 1.54) is 11.3 Å². The molecule has 0 saturated heterocycles. The Hall–Kier alpha value is -0.890. The van der Waals surface area contributed by atoms with Crippen molar-refractivity contribution in [1.82, 2.24) is 0 Å². The fraction of sp³-hybridized carbons (Fsp3) is 0.231. The van der Waals surface area contributed by atoms with Crippen LogP contribution in [0.15, 0.2) is 39.0 Å². The van der Waals surface area contributed by atoms with Gasteiger partial charge in [-0.1, -0.05) is 12.1 Å². The van der Waals surface area contributed by atoms with Gasteiger partial charge < -0.3 is 5.11 Å². The molecule has 20 heavy (non-hydrogen) atoms. The summed E-state index contributed by atoms with van der Waals surface area (Å²) in [6.07, 6.45) is 0.467. The number of nitrogens with one attached hydrogen (secondary N) is 1. The molecule has 1 heterocycles. The number of sulfonamides is 1. The van der Waals surface area contributed by atoms with Crippen LogP contribution in [0.1, 0.15) is 10.4 Å². The maximum absolute atomic E-state index is 12.3. The van der Waals surface area contributed by atoms with Gasteiger partial charge in [-0.3, -0.25) is 4.72 Å². The maximum Gasteiger partial charge on any atom is 0.271 e. The van der Waals surface area contributed by atoms with Gasteiger partial charge in [0.2, 0.25) is 0 Å². The summed E-state index contributed by atoms with van der Waals surface area (Å²) in [7, 11) is -3.59. The average molecular weight is 376 g/mol. The minimum absolute atomic E-state index is 0.0108. The normalized spacial score (nSPS) is 11.6. The van der Waals surface area contributed by atoms with E-state index in [0.717, 1.165) is 14.9 Å². The third-order valence-corrected chi connectivity index (χ3v) is 6.75. The average Bonchev–Trinajstić information content (AvgIpc) is 2.85. The number of hydrogen-bond donors (Lipinski definition) is 2. The number of rotatable bonds is 5. The Kier molecular flexibility index (Phi) is 4.85. The number of aliphatic hydroxyl groups excluding tert-OH is 1. The second-order valence-electron chi connectivity index (χ2n) is 4.24. The Morgan fingerprint density at radius 3 is 2.75 bits per heavy atom. The number of halogens is 1. The lowest BCUT2D eigenvalue weighted by molar-refractivity contribution is 0.300. The van der Waals surface area contributed by atoms with E-state index < -0.39 is 10.0 Å². The lowest BCUT2D eigenvalue weighted by Crippen LogP contribution is -2.12. The summed E-state index contributed by atoms with van der Waals surface area (Å²) in [5.74, 6) is 0. The van der Waals surface area contributed by atoms with E-state index in [9.17, 15) is 8.42 Å². The highest BCUT2D eigenvalue weighted by atomic mass is 79.9. The van der Waals surface area contributed by atoms with E-state index >= 15 is 0 Å². The van der Waals surface area contributed by atoms with E-state index in [1.807, 2.05) is 13.0 Å². The van der Waals surface area contributed by atoms with Crippen molar-refractivity contribution in [3.05, 3.63) is 45.2 Å². The molecule has 2 N–H and O–H groups in total. The van der Waals surface area contributed by atoms with Crippen LogP contribution in [-0.4, -0.2) is 20.1 Å². The minimum Gasteiger partial charge on any atom is -0.396 e. The van der Waals surface area contributed by atoms with Gasteiger partial charge in [0.1, 0.15) is 4.21 Å². The van der Waals surface area contributed by atoms with E-state index in [0.29, 0.717) is 12.1 Å². The van der Waals surface area contributed by atoms with Gasteiger partial charge in [0.15, 0.2) is 0 Å². The van der Waals surface area contributed by atoms with Crippen molar-refractivity contribution >= 4 is 43.0 Å². The summed E-state index contributed by atoms with van der Waals surface area (Å²) in [6, 6.07) is 8.68. The lowest BCUT2D eigenvalue weighted by atomic mass is 10.2. The summed E-state index contributed by atoms with van der Waals surface area (Å²) in [4.78, 5) is 0.844. The summed E-state index contributed by atoms with van der Waals surface area (Å²) >= 11 is 4.55. The van der Waals surface area contributed by atoms with Crippen molar-refractivity contribution in [1.29, 1.82) is 0 Å². The number of aryl methyl sites for hydroxylation is 1. The van der Waals surface area contributed by atoms with Crippen molar-refractivity contribution in [3.63, 3.8) is 0 Å². The van der Waals surface area contributed by atoms with Crippen LogP contribution >= 0.6 is 27.3 Å². The molecule has 0 bridgehead atoms. The topological polar surface area (TPSA) is 66.4 Å². The highest BCUT2D eigenvalue weighted by Crippen LogP contribution is 2.29. The summed E-state index contributed by atoms with van der Waals surface area (Å²) < 4.78 is 28.1. The number of aliphatic hydroxyl groups is 1. The van der Waals surface area contributed by atoms with E-state index in [1.54, 1.807) is 24.3 Å². The molecule has 0 amide bonds. The highest BCUT2D eigenvalue weighted by molar-refractivity contribution is 9.10. The zero-order chi connectivity index (χ0) is 14.8. The van der Waals surface area contributed by atoms with Crippen LogP contribution < -0.4 is 4.72 Å². The van der Waals surface area contributed by atoms with Gasteiger partial charge >= 0.3 is 0 Å². The smallest absolute Gasteiger partial charge is 0.271 e.